The Hall–Kier alpha value is -1.39. The lowest BCUT2D eigenvalue weighted by atomic mass is 9.99. The van der Waals surface area contributed by atoms with Crippen molar-refractivity contribution in [3.05, 3.63) is 35.4 Å². The van der Waals surface area contributed by atoms with Crippen molar-refractivity contribution in [2.75, 3.05) is 13.1 Å². The van der Waals surface area contributed by atoms with Crippen LogP contribution in [0.25, 0.3) is 0 Å². The summed E-state index contributed by atoms with van der Waals surface area (Å²) >= 11 is 0. The Morgan fingerprint density at radius 1 is 1.32 bits per heavy atom. The number of likely N-dealkylation sites (tertiary alicyclic amines) is 1. The Labute approximate surface area is 113 Å². The summed E-state index contributed by atoms with van der Waals surface area (Å²) in [5.74, 6) is -0.819. The molecule has 1 aromatic carbocycles. The van der Waals surface area contributed by atoms with E-state index in [1.807, 2.05) is 29.2 Å². The number of aryl methyl sites for hydroxylation is 1. The van der Waals surface area contributed by atoms with Crippen LogP contribution in [0.1, 0.15) is 36.9 Å². The summed E-state index contributed by atoms with van der Waals surface area (Å²) in [4.78, 5) is 13.5. The zero-order chi connectivity index (χ0) is 13.8. The number of nitrogens with zero attached hydrogens (tertiary/aromatic N) is 1. The molecule has 0 radical (unpaired) electrons. The van der Waals surface area contributed by atoms with Gasteiger partial charge in [-0.1, -0.05) is 31.2 Å². The predicted octanol–water partition coefficient (Wildman–Crippen LogP) is 1.83. The summed E-state index contributed by atoms with van der Waals surface area (Å²) in [6, 6.07) is 7.19. The number of hydrogen-bond donors (Lipinski definition) is 2. The van der Waals surface area contributed by atoms with Crippen LogP contribution < -0.4 is 0 Å². The lowest BCUT2D eigenvalue weighted by molar-refractivity contribution is -0.144. The van der Waals surface area contributed by atoms with Gasteiger partial charge in [-0.15, -0.1) is 0 Å². The highest BCUT2D eigenvalue weighted by Gasteiger charge is 2.30. The second kappa shape index (κ2) is 6.17. The molecule has 2 rings (SSSR count). The van der Waals surface area contributed by atoms with Gasteiger partial charge in [0.05, 0.1) is 6.10 Å². The minimum absolute atomic E-state index is 0.284. The smallest absolute Gasteiger partial charge is 0.325 e. The molecule has 1 heterocycles. The van der Waals surface area contributed by atoms with Crippen molar-refractivity contribution >= 4 is 5.97 Å². The highest BCUT2D eigenvalue weighted by Crippen LogP contribution is 2.25. The van der Waals surface area contributed by atoms with Crippen LogP contribution in [-0.2, 0) is 11.2 Å². The van der Waals surface area contributed by atoms with Crippen molar-refractivity contribution in [1.29, 1.82) is 0 Å². The number of aliphatic hydroxyl groups is 1. The first-order valence-electron chi connectivity index (χ1n) is 6.85. The zero-order valence-corrected chi connectivity index (χ0v) is 11.2. The largest absolute Gasteiger partial charge is 0.480 e. The minimum Gasteiger partial charge on any atom is -0.480 e. The first-order valence-corrected chi connectivity index (χ1v) is 6.85. The average molecular weight is 263 g/mol. The Kier molecular flexibility index (Phi) is 4.56. The van der Waals surface area contributed by atoms with Gasteiger partial charge in [0.2, 0.25) is 0 Å². The van der Waals surface area contributed by atoms with Gasteiger partial charge in [-0.2, -0.15) is 0 Å². The maximum Gasteiger partial charge on any atom is 0.325 e. The molecular weight excluding hydrogens is 242 g/mol. The highest BCUT2D eigenvalue weighted by atomic mass is 16.4. The van der Waals surface area contributed by atoms with Crippen molar-refractivity contribution in [2.24, 2.45) is 0 Å². The molecule has 2 N–H and O–H groups in total. The molecule has 0 aromatic heterocycles. The maximum atomic E-state index is 11.5. The normalized spacial score (nSPS) is 19.3. The van der Waals surface area contributed by atoms with E-state index >= 15 is 0 Å². The van der Waals surface area contributed by atoms with Crippen molar-refractivity contribution in [2.45, 2.75) is 38.3 Å². The topological polar surface area (TPSA) is 60.8 Å². The number of benzene rings is 1. The van der Waals surface area contributed by atoms with E-state index in [-0.39, 0.29) is 6.10 Å². The number of carboxylic acids is 1. The average Bonchev–Trinajstić information content (AvgIpc) is 2.42. The van der Waals surface area contributed by atoms with E-state index in [1.165, 1.54) is 5.56 Å². The van der Waals surface area contributed by atoms with Crippen LogP contribution >= 0.6 is 0 Å². The predicted molar refractivity (Wildman–Crippen MR) is 73.0 cm³/mol. The molecule has 1 atom stereocenters. The van der Waals surface area contributed by atoms with Crippen LogP contribution in [0.2, 0.25) is 0 Å². The number of rotatable bonds is 4. The molecule has 1 aliphatic rings. The number of carboxylic acid groups (broad SMARTS) is 1. The van der Waals surface area contributed by atoms with Crippen LogP contribution in [0, 0.1) is 0 Å². The fraction of sp³-hybridized carbons (Fsp3) is 0.533. The molecule has 1 aromatic rings. The van der Waals surface area contributed by atoms with Crippen molar-refractivity contribution < 1.29 is 15.0 Å². The van der Waals surface area contributed by atoms with Gasteiger partial charge < -0.3 is 10.2 Å². The molecule has 104 valence electrons. The van der Waals surface area contributed by atoms with E-state index in [0.717, 1.165) is 12.0 Å². The molecule has 19 heavy (non-hydrogen) atoms. The number of aliphatic carboxylic acids is 1. The number of carbonyl (C=O) groups is 1. The first-order chi connectivity index (χ1) is 9.11. The van der Waals surface area contributed by atoms with Gasteiger partial charge in [0.25, 0.3) is 0 Å². The zero-order valence-electron chi connectivity index (χ0n) is 11.2. The Morgan fingerprint density at radius 2 is 1.89 bits per heavy atom. The third kappa shape index (κ3) is 3.33. The Balaban J connectivity index is 2.17. The molecular formula is C15H21NO3. The van der Waals surface area contributed by atoms with E-state index in [9.17, 15) is 15.0 Å². The van der Waals surface area contributed by atoms with Gasteiger partial charge in [0.15, 0.2) is 0 Å². The summed E-state index contributed by atoms with van der Waals surface area (Å²) < 4.78 is 0. The van der Waals surface area contributed by atoms with Gasteiger partial charge in [0.1, 0.15) is 6.04 Å². The van der Waals surface area contributed by atoms with Crippen LogP contribution in [0.15, 0.2) is 24.3 Å². The third-order valence-corrected chi connectivity index (χ3v) is 3.80. The molecule has 1 unspecified atom stereocenters. The summed E-state index contributed by atoms with van der Waals surface area (Å²) in [5.41, 5.74) is 2.03. The molecule has 0 saturated carbocycles. The third-order valence-electron chi connectivity index (χ3n) is 3.80. The van der Waals surface area contributed by atoms with Gasteiger partial charge in [-0.3, -0.25) is 9.69 Å². The second-order valence-electron chi connectivity index (χ2n) is 5.10. The SMILES string of the molecule is CCc1ccc(C(C(=O)O)N2CCC(O)CC2)cc1. The molecule has 4 nitrogen and oxygen atoms in total. The highest BCUT2D eigenvalue weighted by molar-refractivity contribution is 5.75. The lowest BCUT2D eigenvalue weighted by Crippen LogP contribution is -2.41. The Morgan fingerprint density at radius 3 is 2.37 bits per heavy atom. The fourth-order valence-electron chi connectivity index (χ4n) is 2.59. The van der Waals surface area contributed by atoms with E-state index in [2.05, 4.69) is 6.92 Å². The van der Waals surface area contributed by atoms with Crippen LogP contribution in [0.3, 0.4) is 0 Å². The van der Waals surface area contributed by atoms with Crippen molar-refractivity contribution in [3.63, 3.8) is 0 Å². The van der Waals surface area contributed by atoms with E-state index < -0.39 is 12.0 Å². The molecule has 4 heteroatoms. The van der Waals surface area contributed by atoms with Crippen LogP contribution in [0.5, 0.6) is 0 Å². The first kappa shape index (κ1) is 14.0. The van der Waals surface area contributed by atoms with Gasteiger partial charge in [-0.25, -0.2) is 0 Å². The number of piperidine rings is 1. The van der Waals surface area contributed by atoms with E-state index in [0.29, 0.717) is 25.9 Å². The summed E-state index contributed by atoms with van der Waals surface area (Å²) in [5, 5.41) is 19.0. The lowest BCUT2D eigenvalue weighted by Gasteiger charge is -2.34. The van der Waals surface area contributed by atoms with E-state index in [1.54, 1.807) is 0 Å². The fourth-order valence-corrected chi connectivity index (χ4v) is 2.59. The van der Waals surface area contributed by atoms with Gasteiger partial charge in [-0.05, 0) is 30.4 Å². The molecule has 0 aliphatic carbocycles. The van der Waals surface area contributed by atoms with Gasteiger partial charge in [0, 0.05) is 13.1 Å². The van der Waals surface area contributed by atoms with Crippen molar-refractivity contribution in [3.8, 4) is 0 Å². The molecule has 1 saturated heterocycles. The summed E-state index contributed by atoms with van der Waals surface area (Å²) in [6.45, 7) is 3.34. The molecule has 1 aliphatic heterocycles. The van der Waals surface area contributed by atoms with Crippen LogP contribution in [-0.4, -0.2) is 40.3 Å². The summed E-state index contributed by atoms with van der Waals surface area (Å²) in [6.07, 6.45) is 1.97. The van der Waals surface area contributed by atoms with E-state index in [4.69, 9.17) is 0 Å². The van der Waals surface area contributed by atoms with Gasteiger partial charge >= 0.3 is 5.97 Å². The minimum atomic E-state index is -0.819. The molecule has 1 fully saturated rings. The summed E-state index contributed by atoms with van der Waals surface area (Å²) in [7, 11) is 0. The standard InChI is InChI=1S/C15H21NO3/c1-2-11-3-5-12(6-4-11)14(15(18)19)16-9-7-13(17)8-10-16/h3-6,13-14,17H,2,7-10H2,1H3,(H,18,19). The van der Waals surface area contributed by atoms with Crippen LogP contribution in [0.4, 0.5) is 0 Å². The molecule has 0 amide bonds. The quantitative estimate of drug-likeness (QED) is 0.870. The van der Waals surface area contributed by atoms with Crippen molar-refractivity contribution in [1.82, 2.24) is 4.90 Å². The molecule has 0 spiro atoms. The number of hydrogen-bond acceptors (Lipinski definition) is 3. The monoisotopic (exact) mass is 263 g/mol. The Bertz CT molecular complexity index is 422. The number of aliphatic hydroxyl groups excluding tert-OH is 1. The molecule has 0 bridgehead atoms. The maximum absolute atomic E-state index is 11.5. The second-order valence-corrected chi connectivity index (χ2v) is 5.10.